The molecule has 5 heteroatoms. The molecule has 0 aliphatic carbocycles. The van der Waals surface area contributed by atoms with E-state index in [0.29, 0.717) is 12.0 Å². The number of carbonyl (C=O) groups is 1. The fourth-order valence-corrected chi connectivity index (χ4v) is 3.07. The fraction of sp³-hybridized carbons (Fsp3) is 0.227. The van der Waals surface area contributed by atoms with Crippen LogP contribution in [0.2, 0.25) is 0 Å². The molecule has 0 aliphatic rings. The van der Waals surface area contributed by atoms with E-state index in [-0.39, 0.29) is 19.0 Å². The normalized spacial score (nSPS) is 10.4. The SMILES string of the molecule is Cc1nn(-c2ccccc2)c(C)c1CCC(=O)OCc1ccccc1C#N. The van der Waals surface area contributed by atoms with Gasteiger partial charge in [-0.2, -0.15) is 10.4 Å². The van der Waals surface area contributed by atoms with Crippen molar-refractivity contribution in [3.63, 3.8) is 0 Å². The molecule has 1 heterocycles. The number of hydrogen-bond donors (Lipinski definition) is 0. The average Bonchev–Trinajstić information content (AvgIpc) is 2.99. The van der Waals surface area contributed by atoms with Gasteiger partial charge < -0.3 is 4.74 Å². The Bertz CT molecular complexity index is 985. The highest BCUT2D eigenvalue weighted by Gasteiger charge is 2.15. The molecule has 0 unspecified atom stereocenters. The standard InChI is InChI=1S/C22H21N3O2/c1-16-21(17(2)25(24-16)20-10-4-3-5-11-20)12-13-22(26)27-15-19-9-7-6-8-18(19)14-23/h3-11H,12-13,15H2,1-2H3. The van der Waals surface area contributed by atoms with Gasteiger partial charge in [-0.15, -0.1) is 0 Å². The number of aromatic nitrogens is 2. The Kier molecular flexibility index (Phi) is 5.68. The van der Waals surface area contributed by atoms with Gasteiger partial charge in [-0.3, -0.25) is 4.79 Å². The molecule has 0 radical (unpaired) electrons. The van der Waals surface area contributed by atoms with Crippen molar-refractivity contribution < 1.29 is 9.53 Å². The predicted molar refractivity (Wildman–Crippen MR) is 102 cm³/mol. The van der Waals surface area contributed by atoms with Crippen molar-refractivity contribution in [2.24, 2.45) is 0 Å². The molecule has 0 amide bonds. The number of ether oxygens (including phenoxy) is 1. The minimum absolute atomic E-state index is 0.115. The molecule has 0 fully saturated rings. The van der Waals surface area contributed by atoms with E-state index in [0.717, 1.165) is 28.2 Å². The van der Waals surface area contributed by atoms with Gasteiger partial charge in [-0.1, -0.05) is 36.4 Å². The highest BCUT2D eigenvalue weighted by Crippen LogP contribution is 2.19. The number of esters is 1. The summed E-state index contributed by atoms with van der Waals surface area (Å²) in [6.45, 7) is 4.08. The number of para-hydroxylation sites is 1. The van der Waals surface area contributed by atoms with Crippen molar-refractivity contribution >= 4 is 5.97 Å². The smallest absolute Gasteiger partial charge is 0.306 e. The largest absolute Gasteiger partial charge is 0.461 e. The van der Waals surface area contributed by atoms with E-state index in [1.807, 2.05) is 54.9 Å². The molecule has 0 spiro atoms. The zero-order chi connectivity index (χ0) is 19.2. The Morgan fingerprint density at radius 1 is 1.11 bits per heavy atom. The van der Waals surface area contributed by atoms with E-state index in [1.54, 1.807) is 18.2 Å². The van der Waals surface area contributed by atoms with Gasteiger partial charge in [0, 0.05) is 17.7 Å². The van der Waals surface area contributed by atoms with E-state index in [4.69, 9.17) is 10.00 Å². The predicted octanol–water partition coefficient (Wildman–Crippen LogP) is 4.04. The van der Waals surface area contributed by atoms with Crippen LogP contribution in [0.25, 0.3) is 5.69 Å². The number of nitrogens with zero attached hydrogens (tertiary/aromatic N) is 3. The summed E-state index contributed by atoms with van der Waals surface area (Å²) < 4.78 is 7.25. The van der Waals surface area contributed by atoms with Gasteiger partial charge in [0.05, 0.1) is 23.0 Å². The average molecular weight is 359 g/mol. The second kappa shape index (κ2) is 8.33. The molecule has 1 aromatic heterocycles. The number of carbonyl (C=O) groups excluding carboxylic acids is 1. The molecule has 3 aromatic rings. The third kappa shape index (κ3) is 4.24. The number of benzene rings is 2. The van der Waals surface area contributed by atoms with Crippen molar-refractivity contribution in [2.45, 2.75) is 33.3 Å². The van der Waals surface area contributed by atoms with Crippen LogP contribution in [0.15, 0.2) is 54.6 Å². The van der Waals surface area contributed by atoms with E-state index >= 15 is 0 Å². The first-order valence-electron chi connectivity index (χ1n) is 8.84. The Morgan fingerprint density at radius 2 is 1.81 bits per heavy atom. The summed E-state index contributed by atoms with van der Waals surface area (Å²) in [6.07, 6.45) is 0.847. The van der Waals surface area contributed by atoms with Gasteiger partial charge in [0.2, 0.25) is 0 Å². The number of aryl methyl sites for hydroxylation is 1. The molecule has 0 aliphatic heterocycles. The number of rotatable bonds is 6. The molecule has 2 aromatic carbocycles. The minimum atomic E-state index is -0.283. The second-order valence-corrected chi connectivity index (χ2v) is 6.33. The fourth-order valence-electron chi connectivity index (χ4n) is 3.07. The maximum Gasteiger partial charge on any atom is 0.306 e. The van der Waals surface area contributed by atoms with Crippen LogP contribution >= 0.6 is 0 Å². The highest BCUT2D eigenvalue weighted by molar-refractivity contribution is 5.70. The number of nitriles is 1. The molecule has 0 saturated heterocycles. The zero-order valence-electron chi connectivity index (χ0n) is 15.5. The molecule has 3 rings (SSSR count). The first-order chi connectivity index (χ1) is 13.1. The van der Waals surface area contributed by atoms with E-state index in [1.165, 1.54) is 0 Å². The molecule has 27 heavy (non-hydrogen) atoms. The Hall–Kier alpha value is -3.39. The van der Waals surface area contributed by atoms with E-state index in [2.05, 4.69) is 11.2 Å². The van der Waals surface area contributed by atoms with Gasteiger partial charge in [0.15, 0.2) is 0 Å². The topological polar surface area (TPSA) is 67.9 Å². The van der Waals surface area contributed by atoms with E-state index in [9.17, 15) is 4.79 Å². The lowest BCUT2D eigenvalue weighted by Crippen LogP contribution is -2.07. The highest BCUT2D eigenvalue weighted by atomic mass is 16.5. The van der Waals surface area contributed by atoms with Crippen LogP contribution in [-0.4, -0.2) is 15.7 Å². The maximum atomic E-state index is 12.2. The van der Waals surface area contributed by atoms with Gasteiger partial charge in [0.1, 0.15) is 6.61 Å². The zero-order valence-corrected chi connectivity index (χ0v) is 15.5. The van der Waals surface area contributed by atoms with Gasteiger partial charge in [0.25, 0.3) is 0 Å². The van der Waals surface area contributed by atoms with Crippen LogP contribution < -0.4 is 0 Å². The van der Waals surface area contributed by atoms with Crippen molar-refractivity contribution in [3.05, 3.63) is 82.7 Å². The minimum Gasteiger partial charge on any atom is -0.461 e. The van der Waals surface area contributed by atoms with Crippen LogP contribution in [0.1, 0.15) is 34.5 Å². The third-order valence-electron chi connectivity index (χ3n) is 4.55. The van der Waals surface area contributed by atoms with Crippen molar-refractivity contribution in [1.82, 2.24) is 9.78 Å². The molecule has 0 N–H and O–H groups in total. The first-order valence-corrected chi connectivity index (χ1v) is 8.84. The Balaban J connectivity index is 1.63. The van der Waals surface area contributed by atoms with Crippen molar-refractivity contribution in [3.8, 4) is 11.8 Å². The Morgan fingerprint density at radius 3 is 2.56 bits per heavy atom. The molecule has 0 saturated carbocycles. The lowest BCUT2D eigenvalue weighted by atomic mass is 10.1. The summed E-state index contributed by atoms with van der Waals surface area (Å²) in [4.78, 5) is 12.2. The molecule has 0 atom stereocenters. The Labute approximate surface area is 158 Å². The van der Waals surface area contributed by atoms with Crippen molar-refractivity contribution in [1.29, 1.82) is 5.26 Å². The summed E-state index contributed by atoms with van der Waals surface area (Å²) in [6, 6.07) is 19.2. The van der Waals surface area contributed by atoms with Gasteiger partial charge >= 0.3 is 5.97 Å². The van der Waals surface area contributed by atoms with Crippen LogP contribution in [-0.2, 0) is 22.6 Å². The van der Waals surface area contributed by atoms with Crippen LogP contribution in [0.5, 0.6) is 0 Å². The molecular formula is C22H21N3O2. The van der Waals surface area contributed by atoms with Crippen molar-refractivity contribution in [2.75, 3.05) is 0 Å². The van der Waals surface area contributed by atoms with Crippen LogP contribution in [0.3, 0.4) is 0 Å². The number of hydrogen-bond acceptors (Lipinski definition) is 4. The second-order valence-electron chi connectivity index (χ2n) is 6.33. The summed E-state index contributed by atoms with van der Waals surface area (Å²) in [5, 5.41) is 13.7. The first kappa shape index (κ1) is 18.4. The summed E-state index contributed by atoms with van der Waals surface area (Å²) in [5.74, 6) is -0.283. The molecular weight excluding hydrogens is 338 g/mol. The summed E-state index contributed by atoms with van der Waals surface area (Å²) in [5.41, 5.74) is 5.26. The molecule has 136 valence electrons. The molecule has 5 nitrogen and oxygen atoms in total. The monoisotopic (exact) mass is 359 g/mol. The summed E-state index contributed by atoms with van der Waals surface area (Å²) in [7, 11) is 0. The maximum absolute atomic E-state index is 12.2. The third-order valence-corrected chi connectivity index (χ3v) is 4.55. The summed E-state index contributed by atoms with van der Waals surface area (Å²) >= 11 is 0. The lowest BCUT2D eigenvalue weighted by molar-refractivity contribution is -0.144. The van der Waals surface area contributed by atoms with Crippen LogP contribution in [0.4, 0.5) is 0 Å². The lowest BCUT2D eigenvalue weighted by Gasteiger charge is -2.07. The van der Waals surface area contributed by atoms with Gasteiger partial charge in [-0.25, -0.2) is 4.68 Å². The van der Waals surface area contributed by atoms with E-state index < -0.39 is 0 Å². The quantitative estimate of drug-likeness (QED) is 0.623. The van der Waals surface area contributed by atoms with Gasteiger partial charge in [-0.05, 0) is 44.0 Å². The molecule has 0 bridgehead atoms. The van der Waals surface area contributed by atoms with Crippen LogP contribution in [0, 0.1) is 25.2 Å².